The van der Waals surface area contributed by atoms with Crippen LogP contribution in [0.5, 0.6) is 0 Å². The lowest BCUT2D eigenvalue weighted by Crippen LogP contribution is -2.12. The molecule has 0 radical (unpaired) electrons. The van der Waals surface area contributed by atoms with Crippen molar-refractivity contribution in [2.24, 2.45) is 5.92 Å². The summed E-state index contributed by atoms with van der Waals surface area (Å²) < 4.78 is 7.90. The molecule has 1 aromatic rings. The average molecular weight is 269 g/mol. The predicted octanol–water partition coefficient (Wildman–Crippen LogP) is 3.10. The highest BCUT2D eigenvalue weighted by molar-refractivity contribution is 7.71. The molecule has 1 aliphatic carbocycles. The summed E-state index contributed by atoms with van der Waals surface area (Å²) in [6.45, 7) is 1.48. The zero-order valence-electron chi connectivity index (χ0n) is 11.2. The summed E-state index contributed by atoms with van der Waals surface area (Å²) in [5, 5.41) is 7.24. The largest absolute Gasteiger partial charge is 0.383 e. The number of methoxy groups -OCH3 is 1. The fourth-order valence-corrected chi connectivity index (χ4v) is 3.01. The van der Waals surface area contributed by atoms with Crippen LogP contribution in [-0.4, -0.2) is 28.5 Å². The summed E-state index contributed by atoms with van der Waals surface area (Å²) in [4.78, 5) is 0. The van der Waals surface area contributed by atoms with Crippen LogP contribution in [0.25, 0.3) is 0 Å². The Morgan fingerprint density at radius 1 is 1.39 bits per heavy atom. The van der Waals surface area contributed by atoms with E-state index in [1.54, 1.807) is 7.11 Å². The van der Waals surface area contributed by atoms with Crippen molar-refractivity contribution in [1.29, 1.82) is 0 Å². The van der Waals surface area contributed by atoms with E-state index >= 15 is 0 Å². The standard InChI is InChI=1S/C13H23N3OS/c1-17-10-9-16-12(14-15-13(16)18)8-7-11-5-3-2-4-6-11/h11H,2-10H2,1H3,(H,15,18). The van der Waals surface area contributed by atoms with Gasteiger partial charge in [0.1, 0.15) is 5.82 Å². The van der Waals surface area contributed by atoms with E-state index < -0.39 is 0 Å². The Labute approximate surface area is 114 Å². The molecule has 0 spiro atoms. The molecule has 0 aromatic carbocycles. The Kier molecular flexibility index (Phi) is 5.38. The first-order chi connectivity index (χ1) is 8.81. The Morgan fingerprint density at radius 3 is 2.89 bits per heavy atom. The van der Waals surface area contributed by atoms with E-state index in [2.05, 4.69) is 14.8 Å². The first-order valence-corrected chi connectivity index (χ1v) is 7.35. The number of H-pyrrole nitrogens is 1. The summed E-state index contributed by atoms with van der Waals surface area (Å²) in [5.41, 5.74) is 0. The summed E-state index contributed by atoms with van der Waals surface area (Å²) in [6, 6.07) is 0. The van der Waals surface area contributed by atoms with Crippen LogP contribution in [0.15, 0.2) is 0 Å². The van der Waals surface area contributed by atoms with Gasteiger partial charge in [-0.1, -0.05) is 32.1 Å². The molecular formula is C13H23N3OS. The minimum atomic E-state index is 0.685. The lowest BCUT2D eigenvalue weighted by atomic mass is 9.86. The minimum Gasteiger partial charge on any atom is -0.383 e. The topological polar surface area (TPSA) is 42.8 Å². The van der Waals surface area contributed by atoms with Gasteiger partial charge in [0, 0.05) is 20.1 Å². The molecule has 5 heteroatoms. The molecule has 0 unspecified atom stereocenters. The molecular weight excluding hydrogens is 246 g/mol. The van der Waals surface area contributed by atoms with Crippen LogP contribution in [0, 0.1) is 10.7 Å². The van der Waals surface area contributed by atoms with Crippen molar-refractivity contribution in [3.8, 4) is 0 Å². The van der Waals surface area contributed by atoms with Gasteiger partial charge < -0.3 is 9.30 Å². The maximum atomic E-state index is 5.25. The molecule has 1 fully saturated rings. The van der Waals surface area contributed by atoms with E-state index in [9.17, 15) is 0 Å². The minimum absolute atomic E-state index is 0.685. The summed E-state index contributed by atoms with van der Waals surface area (Å²) in [6.07, 6.45) is 9.28. The van der Waals surface area contributed by atoms with Gasteiger partial charge in [-0.2, -0.15) is 5.10 Å². The number of hydrogen-bond donors (Lipinski definition) is 1. The fourth-order valence-electron chi connectivity index (χ4n) is 2.76. The average Bonchev–Trinajstić information content (AvgIpc) is 2.76. The van der Waals surface area contributed by atoms with E-state index in [0.29, 0.717) is 11.4 Å². The normalized spacial score (nSPS) is 17.2. The highest BCUT2D eigenvalue weighted by atomic mass is 32.1. The fraction of sp³-hybridized carbons (Fsp3) is 0.846. The van der Waals surface area contributed by atoms with Crippen LogP contribution in [0.1, 0.15) is 44.3 Å². The maximum Gasteiger partial charge on any atom is 0.195 e. The van der Waals surface area contributed by atoms with Gasteiger partial charge in [0.25, 0.3) is 0 Å². The van der Waals surface area contributed by atoms with Crippen LogP contribution in [0.3, 0.4) is 0 Å². The molecule has 0 saturated heterocycles. The molecule has 0 atom stereocenters. The van der Waals surface area contributed by atoms with E-state index in [1.807, 2.05) is 0 Å². The first-order valence-electron chi connectivity index (χ1n) is 6.94. The molecule has 1 aromatic heterocycles. The van der Waals surface area contributed by atoms with Crippen molar-refractivity contribution in [2.75, 3.05) is 13.7 Å². The lowest BCUT2D eigenvalue weighted by molar-refractivity contribution is 0.185. The van der Waals surface area contributed by atoms with Gasteiger partial charge in [-0.15, -0.1) is 0 Å². The van der Waals surface area contributed by atoms with Crippen molar-refractivity contribution in [1.82, 2.24) is 14.8 Å². The molecule has 0 aliphatic heterocycles. The molecule has 1 heterocycles. The number of aromatic nitrogens is 3. The van der Waals surface area contributed by atoms with Crippen molar-refractivity contribution < 1.29 is 4.74 Å². The summed E-state index contributed by atoms with van der Waals surface area (Å²) >= 11 is 5.25. The molecule has 1 saturated carbocycles. The number of hydrogen-bond acceptors (Lipinski definition) is 3. The number of aryl methyl sites for hydroxylation is 1. The molecule has 2 rings (SSSR count). The Hall–Kier alpha value is -0.680. The monoisotopic (exact) mass is 269 g/mol. The van der Waals surface area contributed by atoms with Gasteiger partial charge in [-0.3, -0.25) is 5.10 Å². The second kappa shape index (κ2) is 7.04. The third-order valence-corrected chi connectivity index (χ3v) is 4.17. The highest BCUT2D eigenvalue weighted by Crippen LogP contribution is 2.27. The van der Waals surface area contributed by atoms with Gasteiger partial charge in [0.15, 0.2) is 4.77 Å². The van der Waals surface area contributed by atoms with Crippen LogP contribution < -0.4 is 0 Å². The molecule has 1 N–H and O–H groups in total. The van der Waals surface area contributed by atoms with Crippen molar-refractivity contribution in [3.63, 3.8) is 0 Å². The van der Waals surface area contributed by atoms with Crippen LogP contribution in [-0.2, 0) is 17.7 Å². The molecule has 0 bridgehead atoms. The van der Waals surface area contributed by atoms with Gasteiger partial charge in [0.05, 0.1) is 6.61 Å². The first kappa shape index (κ1) is 13.7. The Morgan fingerprint density at radius 2 is 2.17 bits per heavy atom. The maximum absolute atomic E-state index is 5.25. The van der Waals surface area contributed by atoms with E-state index in [-0.39, 0.29) is 0 Å². The lowest BCUT2D eigenvalue weighted by Gasteiger charge is -2.21. The molecule has 18 heavy (non-hydrogen) atoms. The van der Waals surface area contributed by atoms with Crippen molar-refractivity contribution in [3.05, 3.63) is 10.6 Å². The number of ether oxygens (including phenoxy) is 1. The number of nitrogens with one attached hydrogen (secondary N) is 1. The zero-order chi connectivity index (χ0) is 12.8. The quantitative estimate of drug-likeness (QED) is 0.807. The molecule has 1 aliphatic rings. The van der Waals surface area contributed by atoms with E-state index in [0.717, 1.165) is 24.7 Å². The number of nitrogens with zero attached hydrogens (tertiary/aromatic N) is 2. The summed E-state index contributed by atoms with van der Waals surface area (Å²) in [7, 11) is 1.71. The van der Waals surface area contributed by atoms with Crippen LogP contribution in [0.2, 0.25) is 0 Å². The van der Waals surface area contributed by atoms with Crippen molar-refractivity contribution in [2.45, 2.75) is 51.5 Å². The van der Waals surface area contributed by atoms with Gasteiger partial charge in [0.2, 0.25) is 0 Å². The summed E-state index contributed by atoms with van der Waals surface area (Å²) in [5.74, 6) is 1.97. The van der Waals surface area contributed by atoms with Crippen LogP contribution >= 0.6 is 12.2 Å². The number of aromatic amines is 1. The smallest absolute Gasteiger partial charge is 0.195 e. The SMILES string of the molecule is COCCn1c(CCC2CCCCC2)n[nH]c1=S. The van der Waals surface area contributed by atoms with Gasteiger partial charge in [-0.25, -0.2) is 0 Å². The second-order valence-corrected chi connectivity index (χ2v) is 5.52. The van der Waals surface area contributed by atoms with E-state index in [4.69, 9.17) is 17.0 Å². The molecule has 0 amide bonds. The number of rotatable bonds is 6. The van der Waals surface area contributed by atoms with E-state index in [1.165, 1.54) is 38.5 Å². The van der Waals surface area contributed by atoms with Crippen molar-refractivity contribution >= 4 is 12.2 Å². The third-order valence-electron chi connectivity index (χ3n) is 3.86. The second-order valence-electron chi connectivity index (χ2n) is 5.13. The predicted molar refractivity (Wildman–Crippen MR) is 74.2 cm³/mol. The zero-order valence-corrected chi connectivity index (χ0v) is 12.0. The molecule has 102 valence electrons. The molecule has 4 nitrogen and oxygen atoms in total. The Bertz CT molecular complexity index is 407. The van der Waals surface area contributed by atoms with Gasteiger partial charge >= 0.3 is 0 Å². The highest BCUT2D eigenvalue weighted by Gasteiger charge is 2.15. The van der Waals surface area contributed by atoms with Crippen LogP contribution in [0.4, 0.5) is 0 Å². The third kappa shape index (κ3) is 3.65. The Balaban J connectivity index is 1.89. The van der Waals surface area contributed by atoms with Gasteiger partial charge in [-0.05, 0) is 24.6 Å².